The van der Waals surface area contributed by atoms with Gasteiger partial charge in [-0.2, -0.15) is 0 Å². The van der Waals surface area contributed by atoms with E-state index < -0.39 is 23.8 Å². The number of benzene rings is 1. The molecular formula is C18H17N3O5. The number of carbonyl (C=O) groups is 3. The zero-order chi connectivity index (χ0) is 19.1. The van der Waals surface area contributed by atoms with Crippen molar-refractivity contribution in [2.24, 2.45) is 0 Å². The predicted molar refractivity (Wildman–Crippen MR) is 91.0 cm³/mol. The minimum Gasteiger partial charge on any atom is -0.471 e. The average Bonchev–Trinajstić information content (AvgIpc) is 3.19. The molecule has 0 bridgehead atoms. The first-order valence-corrected chi connectivity index (χ1v) is 7.55. The summed E-state index contributed by atoms with van der Waals surface area (Å²) in [7, 11) is 2.62. The topological polar surface area (TPSA) is 112 Å². The maximum Gasteiger partial charge on any atom is 0.275 e. The van der Waals surface area contributed by atoms with Gasteiger partial charge in [0.1, 0.15) is 6.26 Å². The van der Waals surface area contributed by atoms with Crippen LogP contribution in [0.1, 0.15) is 21.5 Å². The van der Waals surface area contributed by atoms with Crippen LogP contribution < -0.4 is 10.8 Å². The van der Waals surface area contributed by atoms with E-state index in [9.17, 15) is 14.4 Å². The van der Waals surface area contributed by atoms with Crippen molar-refractivity contribution in [1.82, 2.24) is 15.7 Å². The number of carbonyl (C=O) groups excluding carboxylic acids is 3. The number of nitrogens with one attached hydrogen (secondary N) is 2. The van der Waals surface area contributed by atoms with Gasteiger partial charge >= 0.3 is 0 Å². The Morgan fingerprint density at radius 3 is 2.27 bits per heavy atom. The highest BCUT2D eigenvalue weighted by atomic mass is 16.5. The number of hydrogen-bond acceptors (Lipinski definition) is 5. The van der Waals surface area contributed by atoms with E-state index in [1.807, 2.05) is 0 Å². The van der Waals surface area contributed by atoms with Crippen molar-refractivity contribution in [2.45, 2.75) is 6.04 Å². The molecule has 0 saturated carbocycles. The molecule has 134 valence electrons. The Labute approximate surface area is 149 Å². The SMILES string of the molecule is CNC(=O)C(C(=O)NO)N(C)C(=O)c1ccc(C#Cc2ccoc2)cc1. The van der Waals surface area contributed by atoms with Gasteiger partial charge in [0.15, 0.2) is 6.04 Å². The van der Waals surface area contributed by atoms with Crippen molar-refractivity contribution >= 4 is 17.7 Å². The Morgan fingerprint density at radius 2 is 1.73 bits per heavy atom. The van der Waals surface area contributed by atoms with Gasteiger partial charge in [0.2, 0.25) is 0 Å². The molecule has 1 atom stereocenters. The second kappa shape index (κ2) is 8.50. The molecule has 0 fully saturated rings. The van der Waals surface area contributed by atoms with Gasteiger partial charge in [-0.05, 0) is 30.3 Å². The van der Waals surface area contributed by atoms with Gasteiger partial charge in [0, 0.05) is 25.2 Å². The molecule has 2 aromatic rings. The maximum absolute atomic E-state index is 12.5. The van der Waals surface area contributed by atoms with Crippen molar-refractivity contribution < 1.29 is 24.0 Å². The van der Waals surface area contributed by atoms with E-state index in [0.29, 0.717) is 5.56 Å². The van der Waals surface area contributed by atoms with Crippen LogP contribution >= 0.6 is 0 Å². The highest BCUT2D eigenvalue weighted by Gasteiger charge is 2.33. The van der Waals surface area contributed by atoms with Gasteiger partial charge in [-0.3, -0.25) is 19.6 Å². The van der Waals surface area contributed by atoms with Crippen molar-refractivity contribution in [2.75, 3.05) is 14.1 Å². The molecule has 0 aliphatic rings. The van der Waals surface area contributed by atoms with Crippen LogP contribution in [-0.4, -0.2) is 48.0 Å². The molecule has 1 aromatic heterocycles. The Balaban J connectivity index is 2.17. The lowest BCUT2D eigenvalue weighted by atomic mass is 10.1. The fourth-order valence-corrected chi connectivity index (χ4v) is 2.17. The summed E-state index contributed by atoms with van der Waals surface area (Å²) in [6, 6.07) is 6.60. The number of nitrogens with zero attached hydrogens (tertiary/aromatic N) is 1. The quantitative estimate of drug-likeness (QED) is 0.318. The van der Waals surface area contributed by atoms with Crippen LogP contribution in [-0.2, 0) is 9.59 Å². The first kappa shape index (κ1) is 18.8. The van der Waals surface area contributed by atoms with Gasteiger partial charge in [0.25, 0.3) is 17.7 Å². The molecule has 2 rings (SSSR count). The Kier molecular flexibility index (Phi) is 6.14. The molecular weight excluding hydrogens is 338 g/mol. The molecule has 1 unspecified atom stereocenters. The van der Waals surface area contributed by atoms with Crippen molar-refractivity contribution in [3.8, 4) is 11.8 Å². The van der Waals surface area contributed by atoms with Gasteiger partial charge in [-0.25, -0.2) is 5.48 Å². The minimum atomic E-state index is -1.50. The maximum atomic E-state index is 12.5. The molecule has 1 aromatic carbocycles. The van der Waals surface area contributed by atoms with E-state index >= 15 is 0 Å². The van der Waals surface area contributed by atoms with E-state index in [1.165, 1.54) is 44.2 Å². The highest BCUT2D eigenvalue weighted by molar-refractivity contribution is 6.08. The van der Waals surface area contributed by atoms with E-state index in [4.69, 9.17) is 9.62 Å². The summed E-state index contributed by atoms with van der Waals surface area (Å²) in [4.78, 5) is 37.0. The van der Waals surface area contributed by atoms with E-state index in [-0.39, 0.29) is 5.56 Å². The van der Waals surface area contributed by atoms with Crippen LogP contribution in [0, 0.1) is 11.8 Å². The largest absolute Gasteiger partial charge is 0.471 e. The molecule has 0 saturated heterocycles. The summed E-state index contributed by atoms with van der Waals surface area (Å²) >= 11 is 0. The molecule has 0 radical (unpaired) electrons. The zero-order valence-electron chi connectivity index (χ0n) is 14.1. The standard InChI is InChI=1S/C18H17N3O5/c1-19-16(22)15(17(23)20-25)21(2)18(24)14-7-5-12(6-8-14)3-4-13-9-10-26-11-13/h5-11,15,25H,1-2H3,(H,19,22)(H,20,23). The van der Waals surface area contributed by atoms with Gasteiger partial charge in [0.05, 0.1) is 11.8 Å². The number of rotatable bonds is 4. The van der Waals surface area contributed by atoms with Crippen LogP contribution in [0.4, 0.5) is 0 Å². The third kappa shape index (κ3) is 4.28. The Hall–Kier alpha value is -3.57. The van der Waals surface area contributed by atoms with E-state index in [0.717, 1.165) is 10.5 Å². The lowest BCUT2D eigenvalue weighted by Crippen LogP contribution is -2.54. The Bertz CT molecular complexity index is 831. The summed E-state index contributed by atoms with van der Waals surface area (Å²) in [5.74, 6) is 3.53. The molecule has 3 amide bonds. The van der Waals surface area contributed by atoms with Crippen LogP contribution in [0.2, 0.25) is 0 Å². The zero-order valence-corrected chi connectivity index (χ0v) is 14.1. The normalized spacial score (nSPS) is 10.9. The molecule has 8 nitrogen and oxygen atoms in total. The predicted octanol–water partition coefficient (Wildman–Crippen LogP) is 0.371. The van der Waals surface area contributed by atoms with Crippen LogP contribution in [0.25, 0.3) is 0 Å². The van der Waals surface area contributed by atoms with Crippen LogP contribution in [0.5, 0.6) is 0 Å². The summed E-state index contributed by atoms with van der Waals surface area (Å²) in [6.45, 7) is 0. The van der Waals surface area contributed by atoms with Crippen molar-refractivity contribution in [3.05, 3.63) is 59.5 Å². The second-order valence-electron chi connectivity index (χ2n) is 5.25. The lowest BCUT2D eigenvalue weighted by Gasteiger charge is -2.25. The number of hydrogen-bond donors (Lipinski definition) is 3. The summed E-state index contributed by atoms with van der Waals surface area (Å²) < 4.78 is 4.92. The van der Waals surface area contributed by atoms with E-state index in [2.05, 4.69) is 17.2 Å². The fraction of sp³-hybridized carbons (Fsp3) is 0.167. The van der Waals surface area contributed by atoms with Gasteiger partial charge in [-0.1, -0.05) is 11.8 Å². The second-order valence-corrected chi connectivity index (χ2v) is 5.25. The summed E-state index contributed by atoms with van der Waals surface area (Å²) in [5.41, 5.74) is 3.06. The van der Waals surface area contributed by atoms with Crippen LogP contribution in [0.3, 0.4) is 0 Å². The molecule has 8 heteroatoms. The highest BCUT2D eigenvalue weighted by Crippen LogP contribution is 2.10. The summed E-state index contributed by atoms with van der Waals surface area (Å²) in [5, 5.41) is 11.1. The summed E-state index contributed by atoms with van der Waals surface area (Å²) in [6.07, 6.45) is 3.04. The lowest BCUT2D eigenvalue weighted by molar-refractivity contribution is -0.140. The first-order chi connectivity index (χ1) is 12.5. The third-order valence-corrected chi connectivity index (χ3v) is 3.57. The third-order valence-electron chi connectivity index (χ3n) is 3.57. The number of hydroxylamine groups is 1. The molecule has 0 aliphatic carbocycles. The monoisotopic (exact) mass is 355 g/mol. The van der Waals surface area contributed by atoms with Crippen molar-refractivity contribution in [1.29, 1.82) is 0 Å². The molecule has 0 aliphatic heterocycles. The Morgan fingerprint density at radius 1 is 1.08 bits per heavy atom. The first-order valence-electron chi connectivity index (χ1n) is 7.55. The molecule has 1 heterocycles. The fourth-order valence-electron chi connectivity index (χ4n) is 2.17. The number of amides is 3. The van der Waals surface area contributed by atoms with Gasteiger partial charge < -0.3 is 14.6 Å². The van der Waals surface area contributed by atoms with Gasteiger partial charge in [-0.15, -0.1) is 0 Å². The number of furan rings is 1. The van der Waals surface area contributed by atoms with Crippen molar-refractivity contribution in [3.63, 3.8) is 0 Å². The molecule has 0 spiro atoms. The average molecular weight is 355 g/mol. The molecule has 3 N–H and O–H groups in total. The van der Waals surface area contributed by atoms with E-state index in [1.54, 1.807) is 18.2 Å². The smallest absolute Gasteiger partial charge is 0.275 e. The van der Waals surface area contributed by atoms with Crippen LogP contribution in [0.15, 0.2) is 47.3 Å². The molecule has 26 heavy (non-hydrogen) atoms. The minimum absolute atomic E-state index is 0.265. The number of likely N-dealkylation sites (N-methyl/N-ethyl adjacent to an activating group) is 2.